The van der Waals surface area contributed by atoms with E-state index in [4.69, 9.17) is 0 Å². The average Bonchev–Trinajstić information content (AvgIpc) is 2.89. The van der Waals surface area contributed by atoms with E-state index in [0.29, 0.717) is 9.13 Å². The van der Waals surface area contributed by atoms with Gasteiger partial charge in [0, 0.05) is 26.9 Å². The fourth-order valence-electron chi connectivity index (χ4n) is 1.84. The molecule has 0 spiro atoms. The molecule has 0 atom stereocenters. The summed E-state index contributed by atoms with van der Waals surface area (Å²) in [6, 6.07) is 4.19. The molecule has 2 aromatic heterocycles. The first kappa shape index (κ1) is 12.7. The molecule has 96 valence electrons. The fraction of sp³-hybridized carbons (Fsp3) is 0.0769. The number of Topliss-reactive ketones (excluding diaryl/α,β-unsaturated/α-hetero) is 1. The lowest BCUT2D eigenvalue weighted by molar-refractivity contribution is 0.0991. The van der Waals surface area contributed by atoms with Gasteiger partial charge in [-0.2, -0.15) is 0 Å². The number of aromatic nitrogens is 2. The van der Waals surface area contributed by atoms with Gasteiger partial charge in [0.2, 0.25) is 0 Å². The first-order valence-corrected chi connectivity index (χ1v) is 7.48. The van der Waals surface area contributed by atoms with Crippen LogP contribution in [0.5, 0.6) is 0 Å². The molecular formula is C13H8FIN2OS. The Morgan fingerprint density at radius 3 is 3.05 bits per heavy atom. The summed E-state index contributed by atoms with van der Waals surface area (Å²) in [5.41, 5.74) is 1.27. The predicted molar refractivity (Wildman–Crippen MR) is 80.2 cm³/mol. The molecule has 19 heavy (non-hydrogen) atoms. The highest BCUT2D eigenvalue weighted by atomic mass is 127. The highest BCUT2D eigenvalue weighted by molar-refractivity contribution is 14.1. The van der Waals surface area contributed by atoms with Crippen LogP contribution in [0.15, 0.2) is 36.0 Å². The molecule has 3 aromatic rings. The number of thiazole rings is 1. The van der Waals surface area contributed by atoms with Crippen LogP contribution in [0, 0.1) is 9.39 Å². The number of halogens is 2. The molecule has 0 bridgehead atoms. The van der Waals surface area contributed by atoms with Crippen molar-refractivity contribution in [2.24, 2.45) is 0 Å². The number of hydrogen-bond acceptors (Lipinski definition) is 3. The van der Waals surface area contributed by atoms with Crippen molar-refractivity contribution < 1.29 is 9.18 Å². The number of carbonyl (C=O) groups is 1. The van der Waals surface area contributed by atoms with Crippen LogP contribution < -0.4 is 0 Å². The topological polar surface area (TPSA) is 34.4 Å². The molecule has 1 aromatic carbocycles. The van der Waals surface area contributed by atoms with Crippen molar-refractivity contribution in [1.82, 2.24) is 9.38 Å². The van der Waals surface area contributed by atoms with Crippen molar-refractivity contribution in [3.05, 3.63) is 56.6 Å². The van der Waals surface area contributed by atoms with Crippen LogP contribution in [0.3, 0.4) is 0 Å². The van der Waals surface area contributed by atoms with Crippen LogP contribution in [0.4, 0.5) is 4.39 Å². The second-order valence-electron chi connectivity index (χ2n) is 4.05. The van der Waals surface area contributed by atoms with Gasteiger partial charge in [0.1, 0.15) is 5.82 Å². The molecule has 0 unspecified atom stereocenters. The van der Waals surface area contributed by atoms with E-state index < -0.39 is 0 Å². The van der Waals surface area contributed by atoms with E-state index in [1.165, 1.54) is 29.5 Å². The molecule has 0 N–H and O–H groups in total. The van der Waals surface area contributed by atoms with E-state index in [1.54, 1.807) is 0 Å². The van der Waals surface area contributed by atoms with Crippen molar-refractivity contribution in [2.45, 2.75) is 6.42 Å². The van der Waals surface area contributed by atoms with E-state index in [9.17, 15) is 9.18 Å². The second-order valence-corrected chi connectivity index (χ2v) is 6.08. The van der Waals surface area contributed by atoms with E-state index in [2.05, 4.69) is 4.98 Å². The standard InChI is InChI=1S/C13H8FIN2OS/c14-8-1-2-10(11(15)5-8)12(18)6-9-7-17-3-4-19-13(17)16-9/h1-5,7H,6H2. The van der Waals surface area contributed by atoms with E-state index in [1.807, 2.05) is 44.8 Å². The maximum atomic E-state index is 13.0. The summed E-state index contributed by atoms with van der Waals surface area (Å²) in [5.74, 6) is -0.376. The average molecular weight is 386 g/mol. The van der Waals surface area contributed by atoms with E-state index >= 15 is 0 Å². The van der Waals surface area contributed by atoms with Crippen molar-refractivity contribution in [1.29, 1.82) is 0 Å². The highest BCUT2D eigenvalue weighted by Crippen LogP contribution is 2.17. The summed E-state index contributed by atoms with van der Waals surface area (Å²) in [4.78, 5) is 17.4. The van der Waals surface area contributed by atoms with Gasteiger partial charge in [-0.05, 0) is 40.8 Å². The number of imidazole rings is 1. The van der Waals surface area contributed by atoms with E-state index in [-0.39, 0.29) is 18.0 Å². The number of nitrogens with zero attached hydrogens (tertiary/aromatic N) is 2. The van der Waals surface area contributed by atoms with Crippen LogP contribution in [-0.2, 0) is 6.42 Å². The minimum Gasteiger partial charge on any atom is -0.297 e. The molecule has 0 amide bonds. The molecule has 0 saturated carbocycles. The van der Waals surface area contributed by atoms with Gasteiger partial charge in [-0.3, -0.25) is 9.20 Å². The van der Waals surface area contributed by atoms with E-state index in [0.717, 1.165) is 10.7 Å². The SMILES string of the molecule is O=C(Cc1cn2ccsc2n1)c1ccc(F)cc1I. The zero-order valence-corrected chi connectivity index (χ0v) is 12.6. The third kappa shape index (κ3) is 2.55. The molecular weight excluding hydrogens is 378 g/mol. The molecule has 3 rings (SSSR count). The number of benzene rings is 1. The molecule has 0 fully saturated rings. The number of rotatable bonds is 3. The van der Waals surface area contributed by atoms with Crippen molar-refractivity contribution in [3.8, 4) is 0 Å². The van der Waals surface area contributed by atoms with Crippen LogP contribution in [0.2, 0.25) is 0 Å². The summed E-state index contributed by atoms with van der Waals surface area (Å²) in [5, 5.41) is 1.94. The van der Waals surface area contributed by atoms with Gasteiger partial charge in [0.25, 0.3) is 0 Å². The lowest BCUT2D eigenvalue weighted by Gasteiger charge is -2.02. The fourth-order valence-corrected chi connectivity index (χ4v) is 3.33. The van der Waals surface area contributed by atoms with Crippen LogP contribution in [-0.4, -0.2) is 15.2 Å². The molecule has 3 nitrogen and oxygen atoms in total. The Kier molecular flexibility index (Phi) is 3.36. The quantitative estimate of drug-likeness (QED) is 0.510. The van der Waals surface area contributed by atoms with Gasteiger partial charge in [-0.1, -0.05) is 0 Å². The summed E-state index contributed by atoms with van der Waals surface area (Å²) in [7, 11) is 0. The second kappa shape index (κ2) is 5.01. The van der Waals surface area contributed by atoms with Crippen molar-refractivity contribution >= 4 is 44.7 Å². The number of fused-ring (bicyclic) bond motifs is 1. The summed E-state index contributed by atoms with van der Waals surface area (Å²) >= 11 is 3.50. The largest absolute Gasteiger partial charge is 0.297 e. The molecule has 6 heteroatoms. The van der Waals surface area contributed by atoms with Crippen LogP contribution in [0.25, 0.3) is 4.96 Å². The zero-order valence-electron chi connectivity index (χ0n) is 9.64. The molecule has 0 saturated heterocycles. The van der Waals surface area contributed by atoms with Gasteiger partial charge >= 0.3 is 0 Å². The predicted octanol–water partition coefficient (Wildman–Crippen LogP) is 3.56. The smallest absolute Gasteiger partial charge is 0.193 e. The van der Waals surface area contributed by atoms with Crippen molar-refractivity contribution in [3.63, 3.8) is 0 Å². The first-order chi connectivity index (χ1) is 9.13. The Morgan fingerprint density at radius 1 is 1.47 bits per heavy atom. The molecule has 0 aliphatic carbocycles. The minimum absolute atomic E-state index is 0.0462. The number of carbonyl (C=O) groups excluding carboxylic acids is 1. The Balaban J connectivity index is 1.86. The number of ketones is 1. The lowest BCUT2D eigenvalue weighted by atomic mass is 10.1. The summed E-state index contributed by atoms with van der Waals surface area (Å²) < 4.78 is 15.5. The minimum atomic E-state index is -0.330. The third-order valence-corrected chi connectivity index (χ3v) is 4.38. The van der Waals surface area contributed by atoms with Crippen LogP contribution in [0.1, 0.15) is 16.1 Å². The van der Waals surface area contributed by atoms with Gasteiger partial charge in [0.15, 0.2) is 10.7 Å². The van der Waals surface area contributed by atoms with Gasteiger partial charge < -0.3 is 0 Å². The van der Waals surface area contributed by atoms with Crippen LogP contribution >= 0.6 is 33.9 Å². The molecule has 0 aliphatic heterocycles. The maximum absolute atomic E-state index is 13.0. The monoisotopic (exact) mass is 386 g/mol. The summed E-state index contributed by atoms with van der Waals surface area (Å²) in [6.07, 6.45) is 3.98. The Labute approximate surface area is 126 Å². The van der Waals surface area contributed by atoms with Gasteiger partial charge in [-0.15, -0.1) is 11.3 Å². The zero-order chi connectivity index (χ0) is 13.4. The maximum Gasteiger partial charge on any atom is 0.193 e. The highest BCUT2D eigenvalue weighted by Gasteiger charge is 2.13. The lowest BCUT2D eigenvalue weighted by Crippen LogP contribution is -2.06. The molecule has 2 heterocycles. The third-order valence-electron chi connectivity index (χ3n) is 2.72. The normalized spacial score (nSPS) is 11.1. The van der Waals surface area contributed by atoms with Gasteiger partial charge in [0.05, 0.1) is 12.1 Å². The number of hydrogen-bond donors (Lipinski definition) is 0. The van der Waals surface area contributed by atoms with Gasteiger partial charge in [-0.25, -0.2) is 9.37 Å². The Bertz CT molecular complexity index is 736. The molecule has 0 aliphatic rings. The Morgan fingerprint density at radius 2 is 2.32 bits per heavy atom. The molecule has 0 radical (unpaired) electrons. The Hall–Kier alpha value is -1.28. The first-order valence-electron chi connectivity index (χ1n) is 5.53. The van der Waals surface area contributed by atoms with Crippen molar-refractivity contribution in [2.75, 3.05) is 0 Å². The summed E-state index contributed by atoms with van der Waals surface area (Å²) in [6.45, 7) is 0.